The Morgan fingerprint density at radius 1 is 0.971 bits per heavy atom. The molecular formula is C27H35N5OS. The number of para-hydroxylation sites is 1. The van der Waals surface area contributed by atoms with Crippen molar-refractivity contribution in [3.05, 3.63) is 60.2 Å². The molecule has 1 N–H and O–H groups in total. The van der Waals surface area contributed by atoms with Gasteiger partial charge in [0.05, 0.1) is 0 Å². The minimum atomic E-state index is 0.163. The zero-order valence-electron chi connectivity index (χ0n) is 20.1. The van der Waals surface area contributed by atoms with Gasteiger partial charge in [-0.15, -0.1) is 10.2 Å². The van der Waals surface area contributed by atoms with Crippen LogP contribution in [0.3, 0.4) is 0 Å². The number of unbranched alkanes of at least 4 members (excludes halogenated alkanes) is 1. The van der Waals surface area contributed by atoms with Gasteiger partial charge in [0.15, 0.2) is 11.0 Å². The van der Waals surface area contributed by atoms with Crippen LogP contribution < -0.4 is 5.32 Å². The molecule has 0 saturated carbocycles. The highest BCUT2D eigenvalue weighted by molar-refractivity contribution is 7.99. The Morgan fingerprint density at radius 2 is 1.74 bits per heavy atom. The van der Waals surface area contributed by atoms with Crippen molar-refractivity contribution in [2.45, 2.75) is 50.6 Å². The molecule has 1 fully saturated rings. The lowest BCUT2D eigenvalue weighted by Crippen LogP contribution is -2.37. The number of amides is 1. The molecule has 180 valence electrons. The number of carbonyl (C=O) groups is 1. The van der Waals surface area contributed by atoms with Gasteiger partial charge in [-0.3, -0.25) is 9.36 Å². The normalized spacial score (nSPS) is 14.3. The van der Waals surface area contributed by atoms with E-state index >= 15 is 0 Å². The van der Waals surface area contributed by atoms with E-state index in [-0.39, 0.29) is 5.91 Å². The van der Waals surface area contributed by atoms with E-state index in [4.69, 9.17) is 0 Å². The van der Waals surface area contributed by atoms with E-state index < -0.39 is 0 Å². The summed E-state index contributed by atoms with van der Waals surface area (Å²) in [6, 6.07) is 18.6. The fourth-order valence-electron chi connectivity index (χ4n) is 4.24. The standard InChI is InChI=1S/C27H35N5OS/c1-22-13-15-23(16-14-22)26-29-30-27(32(26)24-10-4-2-5-11-24)34-21-9-6-12-25(33)28-17-20-31-18-7-3-8-19-31/h2,4-5,10-11,13-16H,3,6-9,12,17-21H2,1H3,(H,28,33). The molecule has 1 aromatic heterocycles. The molecule has 1 amide bonds. The number of carbonyl (C=O) groups excluding carboxylic acids is 1. The van der Waals surface area contributed by atoms with Crippen molar-refractivity contribution in [3.8, 4) is 17.1 Å². The Hall–Kier alpha value is -2.64. The van der Waals surface area contributed by atoms with Crippen molar-refractivity contribution >= 4 is 17.7 Å². The highest BCUT2D eigenvalue weighted by Gasteiger charge is 2.16. The fraction of sp³-hybridized carbons (Fsp3) is 0.444. The molecule has 0 aliphatic carbocycles. The molecular weight excluding hydrogens is 442 g/mol. The number of piperidine rings is 1. The fourth-order valence-corrected chi connectivity index (χ4v) is 5.19. The van der Waals surface area contributed by atoms with E-state index in [9.17, 15) is 4.79 Å². The van der Waals surface area contributed by atoms with Crippen LogP contribution >= 0.6 is 11.8 Å². The van der Waals surface area contributed by atoms with Crippen LogP contribution in [0.5, 0.6) is 0 Å². The first-order valence-corrected chi connectivity index (χ1v) is 13.4. The number of hydrogen-bond acceptors (Lipinski definition) is 5. The van der Waals surface area contributed by atoms with Crippen LogP contribution in [0.4, 0.5) is 0 Å². The van der Waals surface area contributed by atoms with E-state index in [1.54, 1.807) is 11.8 Å². The molecule has 7 heteroatoms. The van der Waals surface area contributed by atoms with Crippen LogP contribution in [0.25, 0.3) is 17.1 Å². The zero-order chi connectivity index (χ0) is 23.6. The van der Waals surface area contributed by atoms with Crippen molar-refractivity contribution in [2.24, 2.45) is 0 Å². The summed E-state index contributed by atoms with van der Waals surface area (Å²) < 4.78 is 2.13. The summed E-state index contributed by atoms with van der Waals surface area (Å²) in [5, 5.41) is 13.0. The van der Waals surface area contributed by atoms with Crippen molar-refractivity contribution < 1.29 is 4.79 Å². The van der Waals surface area contributed by atoms with Crippen LogP contribution in [0, 0.1) is 6.92 Å². The Balaban J connectivity index is 1.26. The molecule has 0 spiro atoms. The first-order valence-electron chi connectivity index (χ1n) is 12.4. The second-order valence-corrected chi connectivity index (χ2v) is 9.96. The summed E-state index contributed by atoms with van der Waals surface area (Å²) in [5.74, 6) is 1.91. The van der Waals surface area contributed by atoms with Crippen LogP contribution in [-0.4, -0.2) is 57.5 Å². The lowest BCUT2D eigenvalue weighted by Gasteiger charge is -2.26. The van der Waals surface area contributed by atoms with Gasteiger partial charge in [-0.25, -0.2) is 0 Å². The van der Waals surface area contributed by atoms with E-state index in [1.165, 1.54) is 37.9 Å². The maximum Gasteiger partial charge on any atom is 0.220 e. The molecule has 0 bridgehead atoms. The highest BCUT2D eigenvalue weighted by Crippen LogP contribution is 2.28. The second-order valence-electron chi connectivity index (χ2n) is 8.90. The van der Waals surface area contributed by atoms with Gasteiger partial charge in [0.25, 0.3) is 0 Å². The number of benzene rings is 2. The smallest absolute Gasteiger partial charge is 0.220 e. The van der Waals surface area contributed by atoms with Crippen molar-refractivity contribution in [3.63, 3.8) is 0 Å². The number of rotatable bonds is 11. The summed E-state index contributed by atoms with van der Waals surface area (Å²) in [7, 11) is 0. The molecule has 34 heavy (non-hydrogen) atoms. The molecule has 2 heterocycles. The molecule has 1 aliphatic rings. The van der Waals surface area contributed by atoms with E-state index in [2.05, 4.69) is 68.3 Å². The number of nitrogens with zero attached hydrogens (tertiary/aromatic N) is 4. The van der Waals surface area contributed by atoms with Crippen LogP contribution in [0.2, 0.25) is 0 Å². The summed E-state index contributed by atoms with van der Waals surface area (Å²) in [4.78, 5) is 14.6. The number of thioether (sulfide) groups is 1. The van der Waals surface area contributed by atoms with Gasteiger partial charge >= 0.3 is 0 Å². The van der Waals surface area contributed by atoms with E-state index in [1.807, 2.05) is 18.2 Å². The SMILES string of the molecule is Cc1ccc(-c2nnc(SCCCCC(=O)NCCN3CCCCC3)n2-c2ccccc2)cc1. The second kappa shape index (κ2) is 12.7. The molecule has 1 aliphatic heterocycles. The maximum atomic E-state index is 12.2. The van der Waals surface area contributed by atoms with Gasteiger partial charge in [-0.1, -0.05) is 66.2 Å². The van der Waals surface area contributed by atoms with Gasteiger partial charge < -0.3 is 10.2 Å². The van der Waals surface area contributed by atoms with E-state index in [0.717, 1.165) is 53.9 Å². The highest BCUT2D eigenvalue weighted by atomic mass is 32.2. The van der Waals surface area contributed by atoms with Crippen LogP contribution in [0.1, 0.15) is 44.1 Å². The van der Waals surface area contributed by atoms with Gasteiger partial charge in [0.1, 0.15) is 0 Å². The van der Waals surface area contributed by atoms with Gasteiger partial charge in [0, 0.05) is 36.5 Å². The van der Waals surface area contributed by atoms with Crippen LogP contribution in [-0.2, 0) is 4.79 Å². The average molecular weight is 478 g/mol. The summed E-state index contributed by atoms with van der Waals surface area (Å²) in [6.07, 6.45) is 6.35. The van der Waals surface area contributed by atoms with Gasteiger partial charge in [0.2, 0.25) is 5.91 Å². The van der Waals surface area contributed by atoms with Gasteiger partial charge in [-0.2, -0.15) is 0 Å². The molecule has 0 unspecified atom stereocenters. The average Bonchev–Trinajstić information content (AvgIpc) is 3.29. The number of hydrogen-bond donors (Lipinski definition) is 1. The predicted molar refractivity (Wildman–Crippen MR) is 139 cm³/mol. The molecule has 0 radical (unpaired) electrons. The third-order valence-electron chi connectivity index (χ3n) is 6.19. The summed E-state index contributed by atoms with van der Waals surface area (Å²) in [6.45, 7) is 6.16. The topological polar surface area (TPSA) is 63.1 Å². The molecule has 1 saturated heterocycles. The van der Waals surface area contributed by atoms with Crippen molar-refractivity contribution in [1.29, 1.82) is 0 Å². The molecule has 4 rings (SSSR count). The monoisotopic (exact) mass is 477 g/mol. The molecule has 3 aromatic rings. The van der Waals surface area contributed by atoms with Crippen molar-refractivity contribution in [2.75, 3.05) is 31.9 Å². The Bertz CT molecular complexity index is 1030. The lowest BCUT2D eigenvalue weighted by atomic mass is 10.1. The third kappa shape index (κ3) is 6.93. The number of likely N-dealkylation sites (tertiary alicyclic amines) is 1. The molecule has 2 aromatic carbocycles. The summed E-state index contributed by atoms with van der Waals surface area (Å²) >= 11 is 1.70. The first kappa shape index (κ1) is 24.5. The quantitative estimate of drug-likeness (QED) is 0.307. The molecule has 6 nitrogen and oxygen atoms in total. The lowest BCUT2D eigenvalue weighted by molar-refractivity contribution is -0.121. The minimum Gasteiger partial charge on any atom is -0.355 e. The minimum absolute atomic E-state index is 0.163. The zero-order valence-corrected chi connectivity index (χ0v) is 20.9. The van der Waals surface area contributed by atoms with E-state index in [0.29, 0.717) is 6.42 Å². The predicted octanol–water partition coefficient (Wildman–Crippen LogP) is 5.11. The largest absolute Gasteiger partial charge is 0.355 e. The first-order chi connectivity index (χ1) is 16.7. The summed E-state index contributed by atoms with van der Waals surface area (Å²) in [5.41, 5.74) is 3.33. The van der Waals surface area contributed by atoms with Crippen molar-refractivity contribution in [1.82, 2.24) is 25.0 Å². The third-order valence-corrected chi connectivity index (χ3v) is 7.20. The molecule has 0 atom stereocenters. The van der Waals surface area contributed by atoms with Gasteiger partial charge in [-0.05, 0) is 57.8 Å². The maximum absolute atomic E-state index is 12.2. The van der Waals surface area contributed by atoms with Crippen LogP contribution in [0.15, 0.2) is 59.8 Å². The number of nitrogens with one attached hydrogen (secondary N) is 1. The Labute approximate surface area is 207 Å². The Kier molecular flexibility index (Phi) is 9.16. The number of aryl methyl sites for hydroxylation is 1. The Morgan fingerprint density at radius 3 is 2.50 bits per heavy atom. The number of aromatic nitrogens is 3.